The number of carbonyl (C=O) groups excluding carboxylic acids is 1. The van der Waals surface area contributed by atoms with Crippen molar-refractivity contribution in [2.75, 3.05) is 0 Å². The Bertz CT molecular complexity index is 1080. The van der Waals surface area contributed by atoms with E-state index in [1.54, 1.807) is 40.6 Å². The average Bonchev–Trinajstić information content (AvgIpc) is 3.37. The van der Waals surface area contributed by atoms with Gasteiger partial charge < -0.3 is 4.74 Å². The second-order valence-corrected chi connectivity index (χ2v) is 8.95. The molecular formula is C21H14BrClN2O2S. The highest BCUT2D eigenvalue weighted by Crippen LogP contribution is 2.44. The molecule has 2 unspecified atom stereocenters. The molecule has 4 nitrogen and oxygen atoms in total. The van der Waals surface area contributed by atoms with Crippen molar-refractivity contribution in [3.05, 3.63) is 85.5 Å². The van der Waals surface area contributed by atoms with Crippen LogP contribution in [0.5, 0.6) is 5.75 Å². The number of ether oxygens (including phenoxy) is 1. The molecule has 28 heavy (non-hydrogen) atoms. The van der Waals surface area contributed by atoms with E-state index < -0.39 is 6.23 Å². The number of hydrogen-bond donors (Lipinski definition) is 0. The molecule has 2 aromatic carbocycles. The van der Waals surface area contributed by atoms with E-state index in [2.05, 4.69) is 22.0 Å². The van der Waals surface area contributed by atoms with Crippen molar-refractivity contribution >= 4 is 50.4 Å². The van der Waals surface area contributed by atoms with Gasteiger partial charge in [0.2, 0.25) is 5.78 Å². The third-order valence-electron chi connectivity index (χ3n) is 4.91. The van der Waals surface area contributed by atoms with Crippen molar-refractivity contribution in [2.45, 2.75) is 18.7 Å². The first-order valence-electron chi connectivity index (χ1n) is 8.76. The molecule has 5 rings (SSSR count). The van der Waals surface area contributed by atoms with Crippen molar-refractivity contribution in [1.82, 2.24) is 5.01 Å². The Hall–Kier alpha value is -2.15. The van der Waals surface area contributed by atoms with Gasteiger partial charge in [-0.3, -0.25) is 4.79 Å². The smallest absolute Gasteiger partial charge is 0.251 e. The zero-order valence-corrected chi connectivity index (χ0v) is 17.7. The summed E-state index contributed by atoms with van der Waals surface area (Å²) in [4.78, 5) is 14.4. The fraction of sp³-hybridized carbons (Fsp3) is 0.143. The molecule has 3 heterocycles. The second-order valence-electron chi connectivity index (χ2n) is 6.65. The van der Waals surface area contributed by atoms with Crippen LogP contribution in [0.1, 0.15) is 33.3 Å². The van der Waals surface area contributed by atoms with Crippen LogP contribution >= 0.6 is 38.9 Å². The molecule has 0 N–H and O–H groups in total. The lowest BCUT2D eigenvalue weighted by Crippen LogP contribution is -2.45. The minimum atomic E-state index is -0.808. The highest BCUT2D eigenvalue weighted by Gasteiger charge is 2.43. The number of halogens is 2. The van der Waals surface area contributed by atoms with Crippen molar-refractivity contribution < 1.29 is 9.53 Å². The van der Waals surface area contributed by atoms with E-state index in [1.165, 1.54) is 0 Å². The van der Waals surface area contributed by atoms with Gasteiger partial charge in [-0.25, -0.2) is 5.01 Å². The molecule has 0 aliphatic carbocycles. The number of fused-ring (bicyclic) bond motifs is 3. The fourth-order valence-electron chi connectivity index (χ4n) is 3.58. The number of carbonyl (C=O) groups is 1. The number of hydrogen-bond acceptors (Lipinski definition) is 5. The molecule has 140 valence electrons. The minimum absolute atomic E-state index is 0.0420. The van der Waals surface area contributed by atoms with Gasteiger partial charge in [-0.05, 0) is 53.9 Å². The van der Waals surface area contributed by atoms with Crippen LogP contribution in [0.2, 0.25) is 5.02 Å². The van der Waals surface area contributed by atoms with Gasteiger partial charge in [0.1, 0.15) is 5.75 Å². The van der Waals surface area contributed by atoms with Gasteiger partial charge in [0, 0.05) is 27.0 Å². The van der Waals surface area contributed by atoms with E-state index >= 15 is 0 Å². The summed E-state index contributed by atoms with van der Waals surface area (Å²) in [5.41, 5.74) is 2.56. The number of thiophene rings is 1. The molecule has 2 aliphatic heterocycles. The SMILES string of the molecule is O=C(c1ccc(Cl)cc1)C1Oc2ccc(Br)cc2C2CC(c3cccs3)=NN12. The quantitative estimate of drug-likeness (QED) is 0.444. The van der Waals surface area contributed by atoms with Gasteiger partial charge in [-0.2, -0.15) is 5.10 Å². The Labute approximate surface area is 179 Å². The van der Waals surface area contributed by atoms with Crippen LogP contribution in [-0.4, -0.2) is 22.7 Å². The van der Waals surface area contributed by atoms with E-state index in [0.717, 1.165) is 32.8 Å². The van der Waals surface area contributed by atoms with E-state index in [-0.39, 0.29) is 11.8 Å². The molecule has 0 saturated carbocycles. The molecule has 7 heteroatoms. The molecule has 2 aliphatic rings. The van der Waals surface area contributed by atoms with Gasteiger partial charge in [0.15, 0.2) is 0 Å². The molecule has 1 aromatic heterocycles. The van der Waals surface area contributed by atoms with Crippen LogP contribution in [-0.2, 0) is 0 Å². The van der Waals surface area contributed by atoms with Crippen molar-refractivity contribution in [2.24, 2.45) is 5.10 Å². The van der Waals surface area contributed by atoms with Crippen molar-refractivity contribution in [3.63, 3.8) is 0 Å². The maximum atomic E-state index is 13.2. The monoisotopic (exact) mass is 472 g/mol. The van der Waals surface area contributed by atoms with Crippen molar-refractivity contribution in [1.29, 1.82) is 0 Å². The molecule has 2 atom stereocenters. The van der Waals surface area contributed by atoms with Gasteiger partial charge in [-0.1, -0.05) is 33.6 Å². The van der Waals surface area contributed by atoms with Crippen LogP contribution in [0.15, 0.2) is 69.6 Å². The Kier molecular flexibility index (Phi) is 4.50. The Balaban J connectivity index is 1.57. The van der Waals surface area contributed by atoms with Crippen LogP contribution in [0.25, 0.3) is 0 Å². The topological polar surface area (TPSA) is 41.9 Å². The predicted octanol–water partition coefficient (Wildman–Crippen LogP) is 5.92. The van der Waals surface area contributed by atoms with Crippen LogP contribution in [0.3, 0.4) is 0 Å². The van der Waals surface area contributed by atoms with Gasteiger partial charge in [0.25, 0.3) is 6.23 Å². The van der Waals surface area contributed by atoms with Crippen LogP contribution in [0.4, 0.5) is 0 Å². The lowest BCUT2D eigenvalue weighted by molar-refractivity contribution is -0.00458. The van der Waals surface area contributed by atoms with Crippen LogP contribution in [0, 0.1) is 0 Å². The largest absolute Gasteiger partial charge is 0.461 e. The number of nitrogens with zero attached hydrogens (tertiary/aromatic N) is 2. The van der Waals surface area contributed by atoms with Gasteiger partial charge >= 0.3 is 0 Å². The summed E-state index contributed by atoms with van der Waals surface area (Å²) in [7, 11) is 0. The maximum absolute atomic E-state index is 13.2. The normalized spacial score (nSPS) is 20.2. The second kappa shape index (κ2) is 7.03. The lowest BCUT2D eigenvalue weighted by atomic mass is 9.97. The van der Waals surface area contributed by atoms with Gasteiger partial charge in [0.05, 0.1) is 16.6 Å². The number of Topliss-reactive ketones (excluding diaryl/α,β-unsaturated/α-hetero) is 1. The highest BCUT2D eigenvalue weighted by molar-refractivity contribution is 9.10. The van der Waals surface area contributed by atoms with Gasteiger partial charge in [-0.15, -0.1) is 11.3 Å². The molecule has 0 spiro atoms. The number of benzene rings is 2. The van der Waals surface area contributed by atoms with E-state index in [0.29, 0.717) is 10.6 Å². The third-order valence-corrected chi connectivity index (χ3v) is 6.57. The summed E-state index contributed by atoms with van der Waals surface area (Å²) in [6.45, 7) is 0. The summed E-state index contributed by atoms with van der Waals surface area (Å²) in [5, 5.41) is 9.23. The Morgan fingerprint density at radius 1 is 1.21 bits per heavy atom. The standard InChI is InChI=1S/C21H14BrClN2O2S/c22-13-5-8-18-15(10-13)17-11-16(19-2-1-9-28-19)24-25(17)21(27-18)20(26)12-3-6-14(23)7-4-12/h1-10,17,21H,11H2. The van der Waals surface area contributed by atoms with E-state index in [1.807, 2.05) is 29.6 Å². The Morgan fingerprint density at radius 2 is 2.04 bits per heavy atom. The number of ketones is 1. The van der Waals surface area contributed by atoms with Crippen molar-refractivity contribution in [3.8, 4) is 5.75 Å². The molecule has 0 amide bonds. The Morgan fingerprint density at radius 3 is 2.79 bits per heavy atom. The summed E-state index contributed by atoms with van der Waals surface area (Å²) in [6, 6.07) is 16.8. The number of hydrazone groups is 1. The summed E-state index contributed by atoms with van der Waals surface area (Å²) in [5.74, 6) is 0.589. The highest BCUT2D eigenvalue weighted by atomic mass is 79.9. The molecule has 0 radical (unpaired) electrons. The molecule has 0 fully saturated rings. The summed E-state index contributed by atoms with van der Waals surface area (Å²) in [6.07, 6.45) is -0.0742. The average molecular weight is 474 g/mol. The first-order valence-corrected chi connectivity index (χ1v) is 10.8. The summed E-state index contributed by atoms with van der Waals surface area (Å²) < 4.78 is 7.11. The molecular weight excluding hydrogens is 460 g/mol. The zero-order valence-electron chi connectivity index (χ0n) is 14.5. The molecule has 3 aromatic rings. The first kappa shape index (κ1) is 17.9. The maximum Gasteiger partial charge on any atom is 0.251 e. The first-order chi connectivity index (χ1) is 13.6. The van der Waals surface area contributed by atoms with E-state index in [4.69, 9.17) is 21.4 Å². The van der Waals surface area contributed by atoms with E-state index in [9.17, 15) is 4.79 Å². The minimum Gasteiger partial charge on any atom is -0.461 e. The number of rotatable bonds is 3. The zero-order chi connectivity index (χ0) is 19.3. The molecule has 0 bridgehead atoms. The lowest BCUT2D eigenvalue weighted by Gasteiger charge is -2.37. The third kappa shape index (κ3) is 3.05. The summed E-state index contributed by atoms with van der Waals surface area (Å²) >= 11 is 11.2. The van der Waals surface area contributed by atoms with Crippen LogP contribution < -0.4 is 4.74 Å². The molecule has 0 saturated heterocycles. The predicted molar refractivity (Wildman–Crippen MR) is 114 cm³/mol. The fourth-order valence-corrected chi connectivity index (χ4v) is 4.81.